The van der Waals surface area contributed by atoms with E-state index in [0.29, 0.717) is 0 Å². The first-order valence-electron chi connectivity index (χ1n) is 7.50. The third-order valence-corrected chi connectivity index (χ3v) is 3.77. The Morgan fingerprint density at radius 3 is 2.60 bits per heavy atom. The average Bonchev–Trinajstić information content (AvgIpc) is 3.06. The fourth-order valence-corrected chi connectivity index (χ4v) is 2.40. The SMILES string of the molecule is Cn1c(=O)c2c(ncn2COC(=O)/C=C/c2ccccc2)n(C)c1=O. The highest BCUT2D eigenvalue weighted by molar-refractivity contribution is 5.87. The summed E-state index contributed by atoms with van der Waals surface area (Å²) in [4.78, 5) is 40.0. The fourth-order valence-electron chi connectivity index (χ4n) is 2.40. The van der Waals surface area contributed by atoms with Gasteiger partial charge in [-0.1, -0.05) is 30.3 Å². The molecule has 0 spiro atoms. The Bertz CT molecular complexity index is 1070. The molecule has 0 unspecified atom stereocenters. The van der Waals surface area contributed by atoms with Crippen LogP contribution < -0.4 is 11.2 Å². The minimum atomic E-state index is -0.549. The van der Waals surface area contributed by atoms with Crippen LogP contribution in [0.2, 0.25) is 0 Å². The van der Waals surface area contributed by atoms with Crippen molar-refractivity contribution >= 4 is 23.2 Å². The van der Waals surface area contributed by atoms with Crippen molar-refractivity contribution in [2.45, 2.75) is 6.73 Å². The second kappa shape index (κ2) is 6.60. The van der Waals surface area contributed by atoms with Crippen molar-refractivity contribution in [1.29, 1.82) is 0 Å². The molecule has 25 heavy (non-hydrogen) atoms. The number of carbonyl (C=O) groups excluding carboxylic acids is 1. The number of aryl methyl sites for hydroxylation is 1. The molecular formula is C17H16N4O4. The molecule has 0 atom stereocenters. The van der Waals surface area contributed by atoms with Crippen molar-refractivity contribution < 1.29 is 9.53 Å². The van der Waals surface area contributed by atoms with E-state index < -0.39 is 17.2 Å². The maximum atomic E-state index is 12.3. The fraction of sp³-hybridized carbons (Fsp3) is 0.176. The quantitative estimate of drug-likeness (QED) is 0.514. The van der Waals surface area contributed by atoms with Gasteiger partial charge in [-0.15, -0.1) is 0 Å². The van der Waals surface area contributed by atoms with Crippen molar-refractivity contribution in [1.82, 2.24) is 18.7 Å². The summed E-state index contributed by atoms with van der Waals surface area (Å²) in [6.07, 6.45) is 4.30. The molecule has 0 aliphatic carbocycles. The van der Waals surface area contributed by atoms with E-state index in [2.05, 4.69) is 4.98 Å². The molecule has 0 bridgehead atoms. The van der Waals surface area contributed by atoms with Gasteiger partial charge < -0.3 is 4.74 Å². The molecule has 0 amide bonds. The molecule has 2 heterocycles. The zero-order valence-corrected chi connectivity index (χ0v) is 13.7. The van der Waals surface area contributed by atoms with Gasteiger partial charge in [-0.2, -0.15) is 0 Å². The topological polar surface area (TPSA) is 88.1 Å². The van der Waals surface area contributed by atoms with E-state index in [1.165, 1.54) is 35.6 Å². The molecule has 128 valence electrons. The first kappa shape index (κ1) is 16.4. The summed E-state index contributed by atoms with van der Waals surface area (Å²) >= 11 is 0. The van der Waals surface area contributed by atoms with Gasteiger partial charge in [0, 0.05) is 20.2 Å². The number of fused-ring (bicyclic) bond motifs is 1. The Morgan fingerprint density at radius 2 is 1.88 bits per heavy atom. The second-order valence-electron chi connectivity index (χ2n) is 5.43. The number of hydrogen-bond acceptors (Lipinski definition) is 5. The molecule has 0 fully saturated rings. The van der Waals surface area contributed by atoms with E-state index in [9.17, 15) is 14.4 Å². The van der Waals surface area contributed by atoms with Gasteiger partial charge in [-0.05, 0) is 11.6 Å². The summed E-state index contributed by atoms with van der Waals surface area (Å²) in [5, 5.41) is 0. The van der Waals surface area contributed by atoms with E-state index in [1.807, 2.05) is 30.3 Å². The van der Waals surface area contributed by atoms with Crippen LogP contribution in [0, 0.1) is 0 Å². The number of benzene rings is 1. The minimum Gasteiger partial charge on any atom is -0.441 e. The number of rotatable bonds is 4. The zero-order chi connectivity index (χ0) is 18.0. The predicted octanol–water partition coefficient (Wildman–Crippen LogP) is 0.648. The molecule has 0 N–H and O–H groups in total. The number of nitrogens with zero attached hydrogens (tertiary/aromatic N) is 4. The van der Waals surface area contributed by atoms with Crippen molar-refractivity contribution in [3.05, 3.63) is 69.1 Å². The van der Waals surface area contributed by atoms with Gasteiger partial charge in [-0.25, -0.2) is 14.6 Å². The van der Waals surface area contributed by atoms with E-state index in [0.717, 1.165) is 10.1 Å². The average molecular weight is 340 g/mol. The van der Waals surface area contributed by atoms with Crippen LogP contribution in [-0.2, 0) is 30.4 Å². The van der Waals surface area contributed by atoms with Crippen molar-refractivity contribution in [3.63, 3.8) is 0 Å². The zero-order valence-electron chi connectivity index (χ0n) is 13.7. The molecule has 8 heteroatoms. The van der Waals surface area contributed by atoms with Gasteiger partial charge in [0.1, 0.15) is 6.33 Å². The first-order valence-corrected chi connectivity index (χ1v) is 7.50. The van der Waals surface area contributed by atoms with E-state index in [1.54, 1.807) is 6.08 Å². The van der Waals surface area contributed by atoms with Gasteiger partial charge in [0.2, 0.25) is 0 Å². The first-order chi connectivity index (χ1) is 12.0. The minimum absolute atomic E-state index is 0.179. The lowest BCUT2D eigenvalue weighted by molar-refractivity contribution is -0.141. The van der Waals surface area contributed by atoms with Crippen LogP contribution in [0.3, 0.4) is 0 Å². The monoisotopic (exact) mass is 340 g/mol. The highest BCUT2D eigenvalue weighted by Gasteiger charge is 2.14. The Hall–Kier alpha value is -3.42. The molecule has 0 radical (unpaired) electrons. The molecule has 0 saturated carbocycles. The smallest absolute Gasteiger partial charge is 0.332 e. The lowest BCUT2D eigenvalue weighted by Crippen LogP contribution is -2.37. The van der Waals surface area contributed by atoms with Crippen LogP contribution in [0.15, 0.2) is 52.3 Å². The molecule has 0 aliphatic heterocycles. The Labute approximate surface area is 142 Å². The maximum absolute atomic E-state index is 12.3. The number of esters is 1. The van der Waals surface area contributed by atoms with Gasteiger partial charge in [-0.3, -0.25) is 18.5 Å². The van der Waals surface area contributed by atoms with E-state index >= 15 is 0 Å². The van der Waals surface area contributed by atoms with Crippen LogP contribution >= 0.6 is 0 Å². The Balaban J connectivity index is 1.80. The number of hydrogen-bond donors (Lipinski definition) is 0. The summed E-state index contributed by atoms with van der Waals surface area (Å²) in [7, 11) is 2.91. The Morgan fingerprint density at radius 1 is 1.16 bits per heavy atom. The summed E-state index contributed by atoms with van der Waals surface area (Å²) < 4.78 is 8.79. The third-order valence-electron chi connectivity index (χ3n) is 3.77. The molecule has 0 aliphatic rings. The summed E-state index contributed by atoms with van der Waals surface area (Å²) in [6, 6.07) is 9.33. The third kappa shape index (κ3) is 3.14. The maximum Gasteiger partial charge on any atom is 0.332 e. The van der Waals surface area contributed by atoms with Crippen LogP contribution in [0.5, 0.6) is 0 Å². The standard InChI is InChI=1S/C17H16N4O4/c1-19-15-14(16(23)20(2)17(19)24)21(10-18-15)11-25-13(22)9-8-12-6-4-3-5-7-12/h3-10H,11H2,1-2H3/b9-8+. The second-order valence-corrected chi connectivity index (χ2v) is 5.43. The van der Waals surface area contributed by atoms with Gasteiger partial charge in [0.05, 0.1) is 0 Å². The molecular weight excluding hydrogens is 324 g/mol. The number of aromatic nitrogens is 4. The highest BCUT2D eigenvalue weighted by Crippen LogP contribution is 2.06. The van der Waals surface area contributed by atoms with Crippen molar-refractivity contribution in [2.24, 2.45) is 14.1 Å². The lowest BCUT2D eigenvalue weighted by Gasteiger charge is -2.06. The molecule has 3 aromatic rings. The van der Waals surface area contributed by atoms with Crippen LogP contribution in [0.25, 0.3) is 17.2 Å². The summed E-state index contributed by atoms with van der Waals surface area (Å²) in [6.45, 7) is -0.179. The largest absolute Gasteiger partial charge is 0.441 e. The molecule has 8 nitrogen and oxygen atoms in total. The molecule has 3 rings (SSSR count). The number of ether oxygens (including phenoxy) is 1. The van der Waals surface area contributed by atoms with Crippen molar-refractivity contribution in [2.75, 3.05) is 0 Å². The van der Waals surface area contributed by atoms with Gasteiger partial charge >= 0.3 is 11.7 Å². The summed E-state index contributed by atoms with van der Waals surface area (Å²) in [5.74, 6) is -0.549. The summed E-state index contributed by atoms with van der Waals surface area (Å²) in [5.41, 5.74) is 0.349. The highest BCUT2D eigenvalue weighted by atomic mass is 16.5. The number of carbonyl (C=O) groups is 1. The van der Waals surface area contributed by atoms with E-state index in [4.69, 9.17) is 4.74 Å². The molecule has 0 saturated heterocycles. The van der Waals surface area contributed by atoms with Crippen LogP contribution in [0.1, 0.15) is 5.56 Å². The van der Waals surface area contributed by atoms with Gasteiger partial charge in [0.25, 0.3) is 5.56 Å². The van der Waals surface area contributed by atoms with Crippen LogP contribution in [0.4, 0.5) is 0 Å². The molecule has 1 aromatic carbocycles. The number of imidazole rings is 1. The van der Waals surface area contributed by atoms with Gasteiger partial charge in [0.15, 0.2) is 17.9 Å². The lowest BCUT2D eigenvalue weighted by atomic mass is 10.2. The predicted molar refractivity (Wildman–Crippen MR) is 91.8 cm³/mol. The Kier molecular flexibility index (Phi) is 4.34. The normalized spacial score (nSPS) is 11.3. The van der Waals surface area contributed by atoms with Crippen molar-refractivity contribution in [3.8, 4) is 0 Å². The molecule has 2 aromatic heterocycles. The van der Waals surface area contributed by atoms with E-state index in [-0.39, 0.29) is 17.9 Å². The van der Waals surface area contributed by atoms with Crippen LogP contribution in [-0.4, -0.2) is 24.7 Å².